The van der Waals surface area contributed by atoms with Gasteiger partial charge in [0.05, 0.1) is 19.4 Å². The van der Waals surface area contributed by atoms with Gasteiger partial charge in [0, 0.05) is 30.0 Å². The van der Waals surface area contributed by atoms with Crippen LogP contribution in [0.5, 0.6) is 17.2 Å². The lowest BCUT2D eigenvalue weighted by molar-refractivity contribution is -0.151. The van der Waals surface area contributed by atoms with Gasteiger partial charge in [-0.2, -0.15) is 5.10 Å². The quantitative estimate of drug-likeness (QED) is 0.0289. The monoisotopic (exact) mass is 923 g/mol. The molecule has 67 heavy (non-hydrogen) atoms. The highest BCUT2D eigenvalue weighted by atomic mass is 16.5. The van der Waals surface area contributed by atoms with Gasteiger partial charge < -0.3 is 19.3 Å². The van der Waals surface area contributed by atoms with Gasteiger partial charge in [-0.05, 0) is 147 Å². The average Bonchev–Trinajstić information content (AvgIpc) is 3.67. The molecule has 0 heterocycles. The number of carbonyl (C=O) groups is 2. The Morgan fingerprint density at radius 3 is 2.15 bits per heavy atom. The molecule has 2 aromatic rings. The Bertz CT molecular complexity index is 1890. The molecule has 0 radical (unpaired) electrons. The SMILES string of the molecule is CCCCCCCCCCOc1ccc(C(=O)N/N=C/c2ccc(OCCCCCCCC(=O)O[C@H]3CC[C@@]4(C)C(=CC[C@H]5[C@@H]6CC[C@H]([C@H](C)CCCC(C)C)[C@@]6(C)CC[C@@H]54)C3)cc2O)cc1. The van der Waals surface area contributed by atoms with E-state index in [1.807, 2.05) is 0 Å². The molecule has 4 aliphatic carbocycles. The summed E-state index contributed by atoms with van der Waals surface area (Å²) in [5.41, 5.74) is 5.86. The smallest absolute Gasteiger partial charge is 0.306 e. The van der Waals surface area contributed by atoms with E-state index < -0.39 is 0 Å². The fourth-order valence-corrected chi connectivity index (χ4v) is 13.2. The summed E-state index contributed by atoms with van der Waals surface area (Å²) < 4.78 is 17.9. The second-order valence-electron chi connectivity index (χ2n) is 22.3. The number of phenolic OH excluding ortho intramolecular Hbond substituents is 1. The van der Waals surface area contributed by atoms with E-state index in [1.54, 1.807) is 48.0 Å². The molecule has 0 unspecified atom stereocenters. The lowest BCUT2D eigenvalue weighted by Gasteiger charge is -2.58. The van der Waals surface area contributed by atoms with Crippen LogP contribution < -0.4 is 14.9 Å². The van der Waals surface area contributed by atoms with E-state index >= 15 is 0 Å². The van der Waals surface area contributed by atoms with E-state index in [1.165, 1.54) is 103 Å². The molecular formula is C59H90N2O6. The summed E-state index contributed by atoms with van der Waals surface area (Å²) in [4.78, 5) is 25.6. The number of nitrogens with zero attached hydrogens (tertiary/aromatic N) is 1. The summed E-state index contributed by atoms with van der Waals surface area (Å²) in [7, 11) is 0. The van der Waals surface area contributed by atoms with Crippen LogP contribution in [-0.2, 0) is 9.53 Å². The Kier molecular flexibility index (Phi) is 20.6. The molecule has 0 bridgehead atoms. The van der Waals surface area contributed by atoms with Crippen LogP contribution in [-0.4, -0.2) is 42.5 Å². The Morgan fingerprint density at radius 1 is 0.776 bits per heavy atom. The number of aromatic hydroxyl groups is 1. The molecule has 0 spiro atoms. The van der Waals surface area contributed by atoms with Crippen LogP contribution in [0.1, 0.15) is 218 Å². The zero-order valence-electron chi connectivity index (χ0n) is 42.8. The van der Waals surface area contributed by atoms with E-state index in [0.29, 0.717) is 41.9 Å². The van der Waals surface area contributed by atoms with Crippen LogP contribution in [0.4, 0.5) is 0 Å². The minimum atomic E-state index is -0.340. The van der Waals surface area contributed by atoms with Gasteiger partial charge >= 0.3 is 5.97 Å². The molecule has 0 saturated heterocycles. The molecule has 3 saturated carbocycles. The van der Waals surface area contributed by atoms with Crippen LogP contribution in [0.25, 0.3) is 0 Å². The Balaban J connectivity index is 0.806. The van der Waals surface area contributed by atoms with Crippen molar-refractivity contribution >= 4 is 18.1 Å². The molecule has 4 aliphatic rings. The fourth-order valence-electron chi connectivity index (χ4n) is 13.2. The van der Waals surface area contributed by atoms with Crippen LogP contribution in [0.15, 0.2) is 59.2 Å². The van der Waals surface area contributed by atoms with Gasteiger partial charge in [0.2, 0.25) is 0 Å². The van der Waals surface area contributed by atoms with Crippen molar-refractivity contribution in [2.45, 2.75) is 208 Å². The predicted molar refractivity (Wildman–Crippen MR) is 274 cm³/mol. The highest BCUT2D eigenvalue weighted by Gasteiger charge is 2.59. The number of rotatable bonds is 28. The van der Waals surface area contributed by atoms with E-state index in [2.05, 4.69) is 58.1 Å². The third-order valence-corrected chi connectivity index (χ3v) is 17.1. The largest absolute Gasteiger partial charge is 0.507 e. The van der Waals surface area contributed by atoms with Gasteiger partial charge in [0.15, 0.2) is 0 Å². The number of nitrogens with one attached hydrogen (secondary N) is 1. The average molecular weight is 923 g/mol. The van der Waals surface area contributed by atoms with E-state index in [4.69, 9.17) is 14.2 Å². The van der Waals surface area contributed by atoms with Gasteiger partial charge in [-0.25, -0.2) is 5.43 Å². The van der Waals surface area contributed by atoms with E-state index in [9.17, 15) is 14.7 Å². The Labute approximate surface area is 406 Å². The van der Waals surface area contributed by atoms with Crippen LogP contribution in [0.3, 0.4) is 0 Å². The first-order valence-corrected chi connectivity index (χ1v) is 27.3. The summed E-state index contributed by atoms with van der Waals surface area (Å²) in [6.07, 6.45) is 33.5. The number of hydrazone groups is 1. The first kappa shape index (κ1) is 52.6. The second-order valence-corrected chi connectivity index (χ2v) is 22.3. The zero-order chi connectivity index (χ0) is 47.7. The number of unbranched alkanes of at least 4 members (excludes halogenated alkanes) is 11. The number of allylic oxidation sites excluding steroid dienone is 1. The number of ether oxygens (including phenoxy) is 3. The number of hydrogen-bond acceptors (Lipinski definition) is 7. The maximum Gasteiger partial charge on any atom is 0.306 e. The summed E-state index contributed by atoms with van der Waals surface area (Å²) in [5.74, 6) is 6.02. The molecule has 8 heteroatoms. The van der Waals surface area contributed by atoms with Crippen molar-refractivity contribution in [2.75, 3.05) is 13.2 Å². The number of amides is 1. The second kappa shape index (κ2) is 26.2. The molecule has 3 fully saturated rings. The fraction of sp³-hybridized carbons (Fsp3) is 0.712. The normalized spacial score (nSPS) is 26.1. The first-order chi connectivity index (χ1) is 32.4. The molecule has 8 nitrogen and oxygen atoms in total. The number of fused-ring (bicyclic) bond motifs is 5. The van der Waals surface area contributed by atoms with E-state index in [0.717, 1.165) is 99.0 Å². The Morgan fingerprint density at radius 2 is 1.45 bits per heavy atom. The van der Waals surface area contributed by atoms with Crippen molar-refractivity contribution in [2.24, 2.45) is 51.4 Å². The number of benzene rings is 2. The summed E-state index contributed by atoms with van der Waals surface area (Å²) in [5, 5.41) is 14.6. The number of phenols is 1. The molecule has 8 atom stereocenters. The lowest BCUT2D eigenvalue weighted by Crippen LogP contribution is -2.51. The third kappa shape index (κ3) is 14.8. The summed E-state index contributed by atoms with van der Waals surface area (Å²) in [6.45, 7) is 16.0. The molecule has 372 valence electrons. The molecule has 6 rings (SSSR count). The highest BCUT2D eigenvalue weighted by molar-refractivity contribution is 5.95. The first-order valence-electron chi connectivity index (χ1n) is 27.3. The van der Waals surface area contributed by atoms with Gasteiger partial charge in [-0.3, -0.25) is 9.59 Å². The standard InChI is InChI=1S/C59H90N2O6/c1-7-8-9-10-11-12-15-18-38-65-48-28-24-45(25-29-48)57(64)61-60-42-46-26-30-49(41-55(46)62)66-39-19-16-13-14-17-23-56(63)67-50-34-36-58(5)47(40-50)27-31-51-53-33-32-52(44(4)22-20-21-43(2)3)59(53,6)37-35-54(51)58/h24-30,41-44,50-54,62H,7-23,31-40H2,1-6H3,(H,61,64)/b60-42+/t44-,50+,51+,52-,53+,54+,58+,59-/m1/s1. The minimum absolute atomic E-state index is 0.0262. The van der Waals surface area contributed by atoms with Crippen molar-refractivity contribution in [3.8, 4) is 17.2 Å². The number of esters is 1. The lowest BCUT2D eigenvalue weighted by atomic mass is 9.47. The van der Waals surface area contributed by atoms with Gasteiger partial charge in [-0.1, -0.05) is 137 Å². The van der Waals surface area contributed by atoms with Crippen LogP contribution in [0, 0.1) is 46.3 Å². The van der Waals surface area contributed by atoms with Crippen LogP contribution >= 0.6 is 0 Å². The highest BCUT2D eigenvalue weighted by Crippen LogP contribution is 2.67. The molecule has 0 aliphatic heterocycles. The van der Waals surface area contributed by atoms with Crippen molar-refractivity contribution < 1.29 is 28.9 Å². The molecule has 2 N–H and O–H groups in total. The van der Waals surface area contributed by atoms with Crippen molar-refractivity contribution in [3.05, 3.63) is 65.2 Å². The van der Waals surface area contributed by atoms with Crippen molar-refractivity contribution in [1.29, 1.82) is 0 Å². The number of hydrogen-bond donors (Lipinski definition) is 2. The minimum Gasteiger partial charge on any atom is -0.507 e. The maximum atomic E-state index is 13.0. The molecule has 1 amide bonds. The van der Waals surface area contributed by atoms with Gasteiger partial charge in [0.1, 0.15) is 23.4 Å². The maximum absolute atomic E-state index is 13.0. The third-order valence-electron chi connectivity index (χ3n) is 17.1. The van der Waals surface area contributed by atoms with Gasteiger partial charge in [0.25, 0.3) is 5.91 Å². The summed E-state index contributed by atoms with van der Waals surface area (Å²) in [6, 6.07) is 12.1. The molecule has 0 aromatic heterocycles. The topological polar surface area (TPSA) is 106 Å². The predicted octanol–water partition coefficient (Wildman–Crippen LogP) is 15.3. The summed E-state index contributed by atoms with van der Waals surface area (Å²) >= 11 is 0. The van der Waals surface area contributed by atoms with Crippen molar-refractivity contribution in [1.82, 2.24) is 5.43 Å². The van der Waals surface area contributed by atoms with Crippen molar-refractivity contribution in [3.63, 3.8) is 0 Å². The molecular weight excluding hydrogens is 833 g/mol. The number of carbonyl (C=O) groups excluding carboxylic acids is 2. The molecule has 2 aromatic carbocycles. The Hall–Kier alpha value is -3.81. The van der Waals surface area contributed by atoms with Gasteiger partial charge in [-0.15, -0.1) is 0 Å². The van der Waals surface area contributed by atoms with E-state index in [-0.39, 0.29) is 29.1 Å². The zero-order valence-corrected chi connectivity index (χ0v) is 42.8. The van der Waals surface area contributed by atoms with Crippen LogP contribution in [0.2, 0.25) is 0 Å².